The van der Waals surface area contributed by atoms with Gasteiger partial charge in [-0.15, -0.1) is 11.3 Å². The number of thiazole rings is 1. The molecule has 2 nitrogen and oxygen atoms in total. The Morgan fingerprint density at radius 2 is 2.05 bits per heavy atom. The molecular weight excluding hydrogens is 288 g/mol. The largest absolute Gasteiger partial charge is 0.314 e. The van der Waals surface area contributed by atoms with Gasteiger partial charge in [0.05, 0.1) is 11.2 Å². The third-order valence-electron chi connectivity index (χ3n) is 3.69. The van der Waals surface area contributed by atoms with Crippen LogP contribution >= 0.6 is 22.9 Å². The fraction of sp³-hybridized carbons (Fsp3) is 0.438. The van der Waals surface area contributed by atoms with Gasteiger partial charge in [-0.2, -0.15) is 0 Å². The summed E-state index contributed by atoms with van der Waals surface area (Å²) in [6.45, 7) is 1.07. The van der Waals surface area contributed by atoms with Crippen LogP contribution in [0, 0.1) is 5.92 Å². The Balaban J connectivity index is 1.61. The first-order valence-corrected chi connectivity index (χ1v) is 8.46. The van der Waals surface area contributed by atoms with Crippen LogP contribution in [-0.2, 0) is 12.8 Å². The highest BCUT2D eigenvalue weighted by atomic mass is 35.5. The molecule has 0 aliphatic heterocycles. The molecule has 0 spiro atoms. The van der Waals surface area contributed by atoms with E-state index in [1.807, 2.05) is 17.6 Å². The maximum atomic E-state index is 5.95. The Morgan fingerprint density at radius 1 is 1.25 bits per heavy atom. The van der Waals surface area contributed by atoms with Crippen LogP contribution < -0.4 is 5.32 Å². The summed E-state index contributed by atoms with van der Waals surface area (Å²) in [5, 5.41) is 6.62. The summed E-state index contributed by atoms with van der Waals surface area (Å²) in [5.74, 6) is 0.596. The van der Waals surface area contributed by atoms with Crippen LogP contribution in [0.1, 0.15) is 24.1 Å². The van der Waals surface area contributed by atoms with Crippen molar-refractivity contribution in [1.82, 2.24) is 10.3 Å². The monoisotopic (exact) mass is 306 g/mol. The fourth-order valence-electron chi connectivity index (χ4n) is 2.43. The molecule has 0 radical (unpaired) electrons. The standard InChI is InChI=1S/C16H19ClN2S/c17-14-3-1-12(2-4-14)7-13(9-18-15-5-6-15)8-16-10-20-11-19-16/h1-4,10-11,13,15,18H,5-9H2. The third-order valence-corrected chi connectivity index (χ3v) is 4.58. The van der Waals surface area contributed by atoms with E-state index < -0.39 is 0 Å². The molecule has 1 heterocycles. The van der Waals surface area contributed by atoms with Crippen molar-refractivity contribution in [3.8, 4) is 0 Å². The van der Waals surface area contributed by atoms with Gasteiger partial charge in [-0.25, -0.2) is 4.98 Å². The Bertz CT molecular complexity index is 520. The van der Waals surface area contributed by atoms with Gasteiger partial charge in [0.1, 0.15) is 0 Å². The minimum Gasteiger partial charge on any atom is -0.314 e. The van der Waals surface area contributed by atoms with E-state index in [9.17, 15) is 0 Å². The van der Waals surface area contributed by atoms with E-state index >= 15 is 0 Å². The molecule has 0 bridgehead atoms. The molecule has 0 amide bonds. The van der Waals surface area contributed by atoms with Crippen LogP contribution in [0.4, 0.5) is 0 Å². The molecule has 1 aromatic heterocycles. The second-order valence-corrected chi connectivity index (χ2v) is 6.72. The minimum atomic E-state index is 0.596. The van der Waals surface area contributed by atoms with Crippen LogP contribution in [-0.4, -0.2) is 17.6 Å². The number of rotatable bonds is 7. The number of nitrogens with one attached hydrogen (secondary N) is 1. The smallest absolute Gasteiger partial charge is 0.0794 e. The van der Waals surface area contributed by atoms with Crippen molar-refractivity contribution in [3.63, 3.8) is 0 Å². The summed E-state index contributed by atoms with van der Waals surface area (Å²) in [7, 11) is 0. The quantitative estimate of drug-likeness (QED) is 0.838. The van der Waals surface area contributed by atoms with Crippen LogP contribution in [0.3, 0.4) is 0 Å². The van der Waals surface area contributed by atoms with Crippen molar-refractivity contribution in [2.24, 2.45) is 5.92 Å². The van der Waals surface area contributed by atoms with Gasteiger partial charge in [-0.05, 0) is 55.8 Å². The third kappa shape index (κ3) is 4.30. The van der Waals surface area contributed by atoms with E-state index in [0.717, 1.165) is 30.5 Å². The first-order chi connectivity index (χ1) is 9.79. The van der Waals surface area contributed by atoms with Gasteiger partial charge in [-0.3, -0.25) is 0 Å². The molecule has 1 unspecified atom stereocenters. The van der Waals surface area contributed by atoms with Crippen molar-refractivity contribution < 1.29 is 0 Å². The Morgan fingerprint density at radius 3 is 2.70 bits per heavy atom. The maximum absolute atomic E-state index is 5.95. The topological polar surface area (TPSA) is 24.9 Å². The SMILES string of the molecule is Clc1ccc(CC(CNC2CC2)Cc2cscn2)cc1. The zero-order valence-electron chi connectivity index (χ0n) is 11.4. The van der Waals surface area contributed by atoms with Crippen molar-refractivity contribution in [2.45, 2.75) is 31.7 Å². The summed E-state index contributed by atoms with van der Waals surface area (Å²) in [6, 6.07) is 8.98. The molecule has 106 valence electrons. The summed E-state index contributed by atoms with van der Waals surface area (Å²) < 4.78 is 0. The molecule has 1 aliphatic rings. The van der Waals surface area contributed by atoms with Gasteiger partial charge >= 0.3 is 0 Å². The molecule has 1 atom stereocenters. The van der Waals surface area contributed by atoms with Crippen molar-refractivity contribution in [1.29, 1.82) is 0 Å². The zero-order valence-corrected chi connectivity index (χ0v) is 13.0. The average molecular weight is 307 g/mol. The first kappa shape index (κ1) is 14.1. The van der Waals surface area contributed by atoms with Crippen LogP contribution in [0.15, 0.2) is 35.2 Å². The van der Waals surface area contributed by atoms with E-state index in [0.29, 0.717) is 5.92 Å². The average Bonchev–Trinajstić information content (AvgIpc) is 3.15. The molecule has 1 saturated carbocycles. The molecule has 0 saturated heterocycles. The Kier molecular flexibility index (Phi) is 4.71. The van der Waals surface area contributed by atoms with Gasteiger partial charge in [0.2, 0.25) is 0 Å². The van der Waals surface area contributed by atoms with Gasteiger partial charge in [0.25, 0.3) is 0 Å². The number of hydrogen-bond donors (Lipinski definition) is 1. The van der Waals surface area contributed by atoms with Crippen molar-refractivity contribution >= 4 is 22.9 Å². The summed E-state index contributed by atoms with van der Waals surface area (Å²) in [4.78, 5) is 4.42. The number of hydrogen-bond acceptors (Lipinski definition) is 3. The normalized spacial score (nSPS) is 16.2. The molecule has 4 heteroatoms. The predicted molar refractivity (Wildman–Crippen MR) is 85.5 cm³/mol. The summed E-state index contributed by atoms with van der Waals surface area (Å²) in [5.41, 5.74) is 4.49. The van der Waals surface area contributed by atoms with E-state index in [4.69, 9.17) is 11.6 Å². The van der Waals surface area contributed by atoms with Gasteiger partial charge in [0, 0.05) is 16.4 Å². The molecule has 1 aliphatic carbocycles. The fourth-order valence-corrected chi connectivity index (χ4v) is 3.12. The van der Waals surface area contributed by atoms with Crippen LogP contribution in [0.5, 0.6) is 0 Å². The molecule has 1 fully saturated rings. The Labute approximate surface area is 129 Å². The highest BCUT2D eigenvalue weighted by molar-refractivity contribution is 7.07. The molecular formula is C16H19ClN2S. The predicted octanol–water partition coefficient (Wildman–Crippen LogP) is 3.95. The maximum Gasteiger partial charge on any atom is 0.0794 e. The van der Waals surface area contributed by atoms with E-state index in [2.05, 4.69) is 27.8 Å². The van der Waals surface area contributed by atoms with E-state index in [1.54, 1.807) is 11.3 Å². The van der Waals surface area contributed by atoms with Crippen molar-refractivity contribution in [2.75, 3.05) is 6.54 Å². The number of nitrogens with zero attached hydrogens (tertiary/aromatic N) is 1. The lowest BCUT2D eigenvalue weighted by atomic mass is 9.95. The van der Waals surface area contributed by atoms with E-state index in [1.165, 1.54) is 24.1 Å². The molecule has 1 N–H and O–H groups in total. The van der Waals surface area contributed by atoms with Gasteiger partial charge < -0.3 is 5.32 Å². The molecule has 20 heavy (non-hydrogen) atoms. The number of benzene rings is 1. The van der Waals surface area contributed by atoms with Crippen LogP contribution in [0.25, 0.3) is 0 Å². The summed E-state index contributed by atoms with van der Waals surface area (Å²) >= 11 is 7.63. The first-order valence-electron chi connectivity index (χ1n) is 7.14. The molecule has 2 aromatic rings. The van der Waals surface area contributed by atoms with Gasteiger partial charge in [0.15, 0.2) is 0 Å². The number of halogens is 1. The minimum absolute atomic E-state index is 0.596. The highest BCUT2D eigenvalue weighted by Gasteiger charge is 2.22. The van der Waals surface area contributed by atoms with Crippen molar-refractivity contribution in [3.05, 3.63) is 51.4 Å². The second-order valence-electron chi connectivity index (χ2n) is 5.56. The summed E-state index contributed by atoms with van der Waals surface area (Å²) in [6.07, 6.45) is 4.80. The molecule has 1 aromatic carbocycles. The second kappa shape index (κ2) is 6.70. The van der Waals surface area contributed by atoms with E-state index in [-0.39, 0.29) is 0 Å². The lowest BCUT2D eigenvalue weighted by Crippen LogP contribution is -2.27. The number of aromatic nitrogens is 1. The highest BCUT2D eigenvalue weighted by Crippen LogP contribution is 2.21. The van der Waals surface area contributed by atoms with Gasteiger partial charge in [-0.1, -0.05) is 23.7 Å². The lowest BCUT2D eigenvalue weighted by molar-refractivity contribution is 0.465. The molecule has 3 rings (SSSR count). The lowest BCUT2D eigenvalue weighted by Gasteiger charge is -2.17. The Hall–Kier alpha value is -0.900. The zero-order chi connectivity index (χ0) is 13.8. The van der Waals surface area contributed by atoms with Crippen LogP contribution in [0.2, 0.25) is 5.02 Å².